The predicted molar refractivity (Wildman–Crippen MR) is 111 cm³/mol. The maximum atomic E-state index is 13.2. The molecular formula is C22H25N5O2. The molecule has 7 nitrogen and oxygen atoms in total. The first kappa shape index (κ1) is 19.1. The van der Waals surface area contributed by atoms with Crippen molar-refractivity contribution in [1.29, 1.82) is 0 Å². The molecule has 4 rings (SSSR count). The summed E-state index contributed by atoms with van der Waals surface area (Å²) in [6.07, 6.45) is 2.40. The van der Waals surface area contributed by atoms with Crippen molar-refractivity contribution in [2.75, 3.05) is 31.1 Å². The normalized spacial score (nSPS) is 14.7. The van der Waals surface area contributed by atoms with Crippen molar-refractivity contribution in [2.45, 2.75) is 27.2 Å². The smallest absolute Gasteiger partial charge is 0.259 e. The molecule has 1 aliphatic rings. The minimum Gasteiger partial charge on any atom is -0.355 e. The molecule has 7 heteroatoms. The maximum absolute atomic E-state index is 13.2. The molecule has 150 valence electrons. The molecule has 0 radical (unpaired) electrons. The van der Waals surface area contributed by atoms with Gasteiger partial charge in [0, 0.05) is 43.0 Å². The van der Waals surface area contributed by atoms with Crippen LogP contribution in [0.5, 0.6) is 0 Å². The molecule has 0 unspecified atom stereocenters. The lowest BCUT2D eigenvalue weighted by molar-refractivity contribution is 0.0767. The zero-order chi connectivity index (χ0) is 20.4. The highest BCUT2D eigenvalue weighted by molar-refractivity contribution is 5.99. The third kappa shape index (κ3) is 3.85. The molecule has 3 heterocycles. The number of carbonyl (C=O) groups excluding carboxylic acids is 1. The van der Waals surface area contributed by atoms with Crippen LogP contribution in [0.2, 0.25) is 0 Å². The molecule has 29 heavy (non-hydrogen) atoms. The van der Waals surface area contributed by atoms with Gasteiger partial charge in [0.1, 0.15) is 17.2 Å². The van der Waals surface area contributed by atoms with Gasteiger partial charge in [-0.05, 0) is 27.2 Å². The Labute approximate surface area is 170 Å². The second-order valence-corrected chi connectivity index (χ2v) is 7.37. The van der Waals surface area contributed by atoms with Gasteiger partial charge >= 0.3 is 0 Å². The van der Waals surface area contributed by atoms with Crippen LogP contribution in [0.15, 0.2) is 41.1 Å². The maximum Gasteiger partial charge on any atom is 0.259 e. The Bertz CT molecular complexity index is 1020. The number of anilines is 1. The van der Waals surface area contributed by atoms with Gasteiger partial charge in [-0.15, -0.1) is 0 Å². The van der Waals surface area contributed by atoms with Crippen LogP contribution in [0.3, 0.4) is 0 Å². The van der Waals surface area contributed by atoms with E-state index in [1.165, 1.54) is 6.20 Å². The molecule has 0 spiro atoms. The van der Waals surface area contributed by atoms with Crippen molar-refractivity contribution >= 4 is 11.7 Å². The van der Waals surface area contributed by atoms with Gasteiger partial charge < -0.3 is 14.3 Å². The summed E-state index contributed by atoms with van der Waals surface area (Å²) in [6.45, 7) is 8.89. The van der Waals surface area contributed by atoms with Gasteiger partial charge in [0.15, 0.2) is 5.76 Å². The van der Waals surface area contributed by atoms with Gasteiger partial charge in [-0.3, -0.25) is 4.79 Å². The Morgan fingerprint density at radius 3 is 2.59 bits per heavy atom. The summed E-state index contributed by atoms with van der Waals surface area (Å²) in [5.74, 6) is 2.23. The van der Waals surface area contributed by atoms with Crippen LogP contribution in [-0.2, 0) is 0 Å². The lowest BCUT2D eigenvalue weighted by Gasteiger charge is -2.24. The van der Waals surface area contributed by atoms with Gasteiger partial charge in [-0.2, -0.15) is 0 Å². The third-order valence-electron chi connectivity index (χ3n) is 5.39. The molecule has 0 bridgehead atoms. The van der Waals surface area contributed by atoms with E-state index in [9.17, 15) is 4.79 Å². The molecule has 0 atom stereocenters. The van der Waals surface area contributed by atoms with Crippen LogP contribution < -0.4 is 4.90 Å². The van der Waals surface area contributed by atoms with Crippen molar-refractivity contribution in [3.8, 4) is 11.3 Å². The highest BCUT2D eigenvalue weighted by Crippen LogP contribution is 2.26. The monoisotopic (exact) mass is 391 g/mol. The molecule has 2 aromatic heterocycles. The summed E-state index contributed by atoms with van der Waals surface area (Å²) in [7, 11) is 0. The first-order chi connectivity index (χ1) is 14.0. The van der Waals surface area contributed by atoms with Crippen LogP contribution >= 0.6 is 0 Å². The van der Waals surface area contributed by atoms with Crippen molar-refractivity contribution in [3.05, 3.63) is 59.2 Å². The van der Waals surface area contributed by atoms with E-state index < -0.39 is 0 Å². The summed E-state index contributed by atoms with van der Waals surface area (Å²) >= 11 is 0. The van der Waals surface area contributed by atoms with E-state index in [-0.39, 0.29) is 5.91 Å². The number of aryl methyl sites for hydroxylation is 2. The number of hydrogen-bond acceptors (Lipinski definition) is 6. The molecule has 3 aromatic rings. The second kappa shape index (κ2) is 8.03. The molecule has 0 aliphatic carbocycles. The van der Waals surface area contributed by atoms with E-state index in [2.05, 4.69) is 26.9 Å². The van der Waals surface area contributed by atoms with Crippen LogP contribution in [-0.4, -0.2) is 52.1 Å². The van der Waals surface area contributed by atoms with Crippen molar-refractivity contribution in [1.82, 2.24) is 20.0 Å². The Morgan fingerprint density at radius 2 is 1.79 bits per heavy atom. The molecule has 0 N–H and O–H groups in total. The van der Waals surface area contributed by atoms with Crippen molar-refractivity contribution in [3.63, 3.8) is 0 Å². The first-order valence-corrected chi connectivity index (χ1v) is 9.90. The zero-order valence-corrected chi connectivity index (χ0v) is 17.1. The first-order valence-electron chi connectivity index (χ1n) is 9.90. The number of carbonyl (C=O) groups is 1. The molecule has 1 saturated heterocycles. The number of hydrogen-bond donors (Lipinski definition) is 0. The summed E-state index contributed by atoms with van der Waals surface area (Å²) in [4.78, 5) is 26.5. The van der Waals surface area contributed by atoms with Gasteiger partial charge in [0.05, 0.1) is 6.20 Å². The van der Waals surface area contributed by atoms with Gasteiger partial charge in [-0.1, -0.05) is 35.5 Å². The fraction of sp³-hybridized carbons (Fsp3) is 0.364. The number of rotatable bonds is 3. The van der Waals surface area contributed by atoms with Crippen LogP contribution in [0, 0.1) is 20.8 Å². The van der Waals surface area contributed by atoms with E-state index in [0.717, 1.165) is 48.0 Å². The minimum absolute atomic E-state index is 0.0428. The minimum atomic E-state index is -0.0428. The van der Waals surface area contributed by atoms with Crippen molar-refractivity contribution < 1.29 is 9.32 Å². The largest absolute Gasteiger partial charge is 0.355 e. The standard InChI is InChI=1S/C22H25N5O2/c1-15-16(2)24-17(3)25-21(15)26-10-7-11-27(13-12-26)22(28)19-14-23-29-20(19)18-8-5-4-6-9-18/h4-6,8-9,14H,7,10-13H2,1-3H3. The third-order valence-corrected chi connectivity index (χ3v) is 5.39. The fourth-order valence-corrected chi connectivity index (χ4v) is 3.75. The Morgan fingerprint density at radius 1 is 1.00 bits per heavy atom. The second-order valence-electron chi connectivity index (χ2n) is 7.37. The van der Waals surface area contributed by atoms with E-state index in [4.69, 9.17) is 4.52 Å². The van der Waals surface area contributed by atoms with Crippen LogP contribution in [0.4, 0.5) is 5.82 Å². The lowest BCUT2D eigenvalue weighted by atomic mass is 10.1. The topological polar surface area (TPSA) is 75.4 Å². The number of benzene rings is 1. The Hall–Kier alpha value is -3.22. The summed E-state index contributed by atoms with van der Waals surface area (Å²) < 4.78 is 5.40. The summed E-state index contributed by atoms with van der Waals surface area (Å²) in [5.41, 5.74) is 3.46. The molecule has 1 aliphatic heterocycles. The quantitative estimate of drug-likeness (QED) is 0.681. The van der Waals surface area contributed by atoms with E-state index >= 15 is 0 Å². The summed E-state index contributed by atoms with van der Waals surface area (Å²) in [5, 5.41) is 3.88. The average Bonchev–Trinajstić information content (AvgIpc) is 3.09. The predicted octanol–water partition coefficient (Wildman–Crippen LogP) is 3.41. The van der Waals surface area contributed by atoms with Crippen LogP contribution in [0.1, 0.15) is 33.9 Å². The number of amides is 1. The van der Waals surface area contributed by atoms with Gasteiger partial charge in [0.2, 0.25) is 0 Å². The Kier molecular flexibility index (Phi) is 5.29. The number of nitrogens with zero attached hydrogens (tertiary/aromatic N) is 5. The van der Waals surface area contributed by atoms with Crippen LogP contribution in [0.25, 0.3) is 11.3 Å². The fourth-order valence-electron chi connectivity index (χ4n) is 3.75. The molecule has 1 aromatic carbocycles. The lowest BCUT2D eigenvalue weighted by Crippen LogP contribution is -2.35. The van der Waals surface area contributed by atoms with E-state index in [1.807, 2.05) is 49.1 Å². The Balaban J connectivity index is 1.53. The van der Waals surface area contributed by atoms with E-state index in [1.54, 1.807) is 0 Å². The van der Waals surface area contributed by atoms with Gasteiger partial charge in [0.25, 0.3) is 5.91 Å². The molecule has 1 amide bonds. The molecular weight excluding hydrogens is 366 g/mol. The average molecular weight is 391 g/mol. The molecule has 1 fully saturated rings. The zero-order valence-electron chi connectivity index (χ0n) is 17.1. The number of aromatic nitrogens is 3. The van der Waals surface area contributed by atoms with Crippen molar-refractivity contribution in [2.24, 2.45) is 0 Å². The molecule has 0 saturated carbocycles. The highest BCUT2D eigenvalue weighted by Gasteiger charge is 2.26. The SMILES string of the molecule is Cc1nc(C)c(C)c(N2CCCN(C(=O)c3cnoc3-c3ccccc3)CC2)n1. The highest BCUT2D eigenvalue weighted by atomic mass is 16.5. The van der Waals surface area contributed by atoms with E-state index in [0.29, 0.717) is 24.4 Å². The summed E-state index contributed by atoms with van der Waals surface area (Å²) in [6, 6.07) is 9.62. The van der Waals surface area contributed by atoms with Gasteiger partial charge in [-0.25, -0.2) is 9.97 Å².